The zero-order valence-corrected chi connectivity index (χ0v) is 6.19. The normalized spacial score (nSPS) is 9.92. The third kappa shape index (κ3) is 1.98. The summed E-state index contributed by atoms with van der Waals surface area (Å²) in [7, 11) is 0. The number of H-pyrrole nitrogens is 1. The molecule has 0 aliphatic heterocycles. The Morgan fingerprint density at radius 2 is 2.23 bits per heavy atom. The number of aromatic nitrogens is 2. The van der Waals surface area contributed by atoms with Crippen LogP contribution in [0.4, 0.5) is 4.39 Å². The molecule has 0 aliphatic rings. The van der Waals surface area contributed by atoms with E-state index in [0.29, 0.717) is 10.8 Å². The van der Waals surface area contributed by atoms with Crippen LogP contribution in [-0.2, 0) is 6.67 Å². The molecule has 7 nitrogen and oxygen atoms in total. The summed E-state index contributed by atoms with van der Waals surface area (Å²) in [6.45, 7) is -0.882. The van der Waals surface area contributed by atoms with Gasteiger partial charge in [0, 0.05) is 4.92 Å². The standard InChI is InChI=1S/C5H4FN3O4/c6-3-1-8(2-9(12)13)5(11)7-4(3)10/h1H,2H2,(H,7,10,11). The van der Waals surface area contributed by atoms with Crippen LogP contribution in [0.5, 0.6) is 0 Å². The Hall–Kier alpha value is -1.99. The molecule has 0 fully saturated rings. The van der Waals surface area contributed by atoms with E-state index in [4.69, 9.17) is 0 Å². The summed E-state index contributed by atoms with van der Waals surface area (Å²) in [6.07, 6.45) is 0.490. The highest BCUT2D eigenvalue weighted by molar-refractivity contribution is 4.86. The van der Waals surface area contributed by atoms with Crippen molar-refractivity contribution in [2.45, 2.75) is 6.67 Å². The molecular weight excluding hydrogens is 185 g/mol. The summed E-state index contributed by atoms with van der Waals surface area (Å²) >= 11 is 0. The van der Waals surface area contributed by atoms with Crippen LogP contribution in [-0.4, -0.2) is 14.5 Å². The Morgan fingerprint density at radius 1 is 1.62 bits per heavy atom. The number of aromatic amines is 1. The van der Waals surface area contributed by atoms with Gasteiger partial charge in [-0.3, -0.25) is 19.9 Å². The Bertz CT molecular complexity index is 448. The van der Waals surface area contributed by atoms with Crippen molar-refractivity contribution in [1.82, 2.24) is 9.55 Å². The van der Waals surface area contributed by atoms with Gasteiger partial charge in [0.25, 0.3) is 12.2 Å². The van der Waals surface area contributed by atoms with Gasteiger partial charge in [0.05, 0.1) is 6.20 Å². The molecule has 0 saturated heterocycles. The fraction of sp³-hybridized carbons (Fsp3) is 0.200. The van der Waals surface area contributed by atoms with E-state index in [-0.39, 0.29) is 0 Å². The van der Waals surface area contributed by atoms with Gasteiger partial charge in [-0.15, -0.1) is 0 Å². The smallest absolute Gasteiger partial charge is 0.271 e. The SMILES string of the molecule is O=c1[nH]c(=O)n(C[N+](=O)[O-])cc1F. The van der Waals surface area contributed by atoms with E-state index in [1.54, 1.807) is 4.98 Å². The number of nitro groups is 1. The second kappa shape index (κ2) is 3.17. The highest BCUT2D eigenvalue weighted by atomic mass is 19.1. The lowest BCUT2D eigenvalue weighted by molar-refractivity contribution is -0.514. The van der Waals surface area contributed by atoms with Crippen LogP contribution in [0.2, 0.25) is 0 Å². The molecule has 0 radical (unpaired) electrons. The molecule has 0 aliphatic carbocycles. The Kier molecular flexibility index (Phi) is 2.22. The maximum Gasteiger partial charge on any atom is 0.333 e. The van der Waals surface area contributed by atoms with Gasteiger partial charge in [-0.05, 0) is 0 Å². The van der Waals surface area contributed by atoms with Crippen molar-refractivity contribution < 1.29 is 9.31 Å². The van der Waals surface area contributed by atoms with Gasteiger partial charge in [-0.2, -0.15) is 4.39 Å². The monoisotopic (exact) mass is 189 g/mol. The summed E-state index contributed by atoms with van der Waals surface area (Å²) in [5.74, 6) is -1.23. The summed E-state index contributed by atoms with van der Waals surface area (Å²) in [5.41, 5.74) is -2.20. The molecule has 0 spiro atoms. The van der Waals surface area contributed by atoms with Gasteiger partial charge in [0.1, 0.15) is 0 Å². The first kappa shape index (κ1) is 9.10. The Labute approximate surface area is 69.6 Å². The van der Waals surface area contributed by atoms with Crippen molar-refractivity contribution in [3.63, 3.8) is 0 Å². The van der Waals surface area contributed by atoms with Crippen molar-refractivity contribution in [2.24, 2.45) is 0 Å². The molecule has 0 amide bonds. The fourth-order valence-electron chi connectivity index (χ4n) is 0.712. The van der Waals surface area contributed by atoms with Gasteiger partial charge in [0.2, 0.25) is 5.82 Å². The van der Waals surface area contributed by atoms with E-state index >= 15 is 0 Å². The summed E-state index contributed by atoms with van der Waals surface area (Å²) in [4.78, 5) is 31.9. The van der Waals surface area contributed by atoms with E-state index in [2.05, 4.69) is 0 Å². The Balaban J connectivity index is 3.24. The molecule has 1 aromatic rings. The largest absolute Gasteiger partial charge is 0.333 e. The predicted molar refractivity (Wildman–Crippen MR) is 38.3 cm³/mol. The third-order valence-electron chi connectivity index (χ3n) is 1.24. The predicted octanol–water partition coefficient (Wildman–Crippen LogP) is -1.09. The lowest BCUT2D eigenvalue weighted by Gasteiger charge is -1.97. The minimum Gasteiger partial charge on any atom is -0.271 e. The third-order valence-corrected chi connectivity index (χ3v) is 1.24. The first-order valence-corrected chi connectivity index (χ1v) is 3.12. The van der Waals surface area contributed by atoms with E-state index in [9.17, 15) is 24.1 Å². The number of halogens is 1. The highest BCUT2D eigenvalue weighted by Crippen LogP contribution is 1.83. The zero-order chi connectivity index (χ0) is 10.0. The van der Waals surface area contributed by atoms with E-state index in [1.807, 2.05) is 0 Å². The maximum atomic E-state index is 12.5. The lowest BCUT2D eigenvalue weighted by Crippen LogP contribution is -2.32. The summed E-state index contributed by atoms with van der Waals surface area (Å²) in [5, 5.41) is 9.95. The second-order valence-corrected chi connectivity index (χ2v) is 2.18. The summed E-state index contributed by atoms with van der Waals surface area (Å²) < 4.78 is 12.9. The minimum absolute atomic E-state index is 0.455. The zero-order valence-electron chi connectivity index (χ0n) is 6.19. The lowest BCUT2D eigenvalue weighted by atomic mass is 10.6. The number of rotatable bonds is 2. The van der Waals surface area contributed by atoms with Crippen molar-refractivity contribution in [3.05, 3.63) is 43.0 Å². The average Bonchev–Trinajstić information content (AvgIpc) is 1.99. The van der Waals surface area contributed by atoms with E-state index in [0.717, 1.165) is 0 Å². The first-order chi connectivity index (χ1) is 6.00. The van der Waals surface area contributed by atoms with Gasteiger partial charge in [0.15, 0.2) is 0 Å². The van der Waals surface area contributed by atoms with Gasteiger partial charge < -0.3 is 0 Å². The molecule has 8 heteroatoms. The molecule has 0 saturated carbocycles. The molecule has 0 bridgehead atoms. The molecular formula is C5H4FN3O4. The fourth-order valence-corrected chi connectivity index (χ4v) is 0.712. The molecule has 1 aromatic heterocycles. The minimum atomic E-state index is -1.23. The van der Waals surface area contributed by atoms with Gasteiger partial charge >= 0.3 is 5.69 Å². The number of hydrogen-bond acceptors (Lipinski definition) is 4. The van der Waals surface area contributed by atoms with Gasteiger partial charge in [-0.25, -0.2) is 9.36 Å². The van der Waals surface area contributed by atoms with Crippen molar-refractivity contribution in [1.29, 1.82) is 0 Å². The maximum absolute atomic E-state index is 12.5. The van der Waals surface area contributed by atoms with E-state index < -0.39 is 28.7 Å². The van der Waals surface area contributed by atoms with Crippen molar-refractivity contribution in [3.8, 4) is 0 Å². The topological polar surface area (TPSA) is 98.0 Å². The average molecular weight is 189 g/mol. The van der Waals surface area contributed by atoms with Crippen LogP contribution in [0.1, 0.15) is 0 Å². The second-order valence-electron chi connectivity index (χ2n) is 2.18. The number of nitrogens with zero attached hydrogens (tertiary/aromatic N) is 2. The van der Waals surface area contributed by atoms with Crippen LogP contribution in [0.25, 0.3) is 0 Å². The van der Waals surface area contributed by atoms with Crippen LogP contribution in [0.3, 0.4) is 0 Å². The summed E-state index contributed by atoms with van der Waals surface area (Å²) in [6, 6.07) is 0. The van der Waals surface area contributed by atoms with E-state index in [1.165, 1.54) is 0 Å². The van der Waals surface area contributed by atoms with Crippen LogP contribution < -0.4 is 11.2 Å². The highest BCUT2D eigenvalue weighted by Gasteiger charge is 2.06. The molecule has 1 heterocycles. The molecule has 0 aromatic carbocycles. The molecule has 70 valence electrons. The Morgan fingerprint density at radius 3 is 2.77 bits per heavy atom. The molecule has 0 atom stereocenters. The van der Waals surface area contributed by atoms with Crippen LogP contribution in [0, 0.1) is 15.9 Å². The van der Waals surface area contributed by atoms with Gasteiger partial charge in [-0.1, -0.05) is 0 Å². The molecule has 0 unspecified atom stereocenters. The first-order valence-electron chi connectivity index (χ1n) is 3.12. The number of hydrogen-bond donors (Lipinski definition) is 1. The van der Waals surface area contributed by atoms with Crippen molar-refractivity contribution in [2.75, 3.05) is 0 Å². The number of nitrogens with one attached hydrogen (secondary N) is 1. The van der Waals surface area contributed by atoms with Crippen LogP contribution >= 0.6 is 0 Å². The van der Waals surface area contributed by atoms with Crippen LogP contribution in [0.15, 0.2) is 15.8 Å². The quantitative estimate of drug-likeness (QED) is 0.472. The van der Waals surface area contributed by atoms with Crippen molar-refractivity contribution >= 4 is 0 Å². The molecule has 1 N–H and O–H groups in total. The molecule has 13 heavy (non-hydrogen) atoms. The molecule has 1 rings (SSSR count).